The van der Waals surface area contributed by atoms with Gasteiger partial charge in [-0.1, -0.05) is 0 Å². The summed E-state index contributed by atoms with van der Waals surface area (Å²) in [4.78, 5) is 33.7. The summed E-state index contributed by atoms with van der Waals surface area (Å²) < 4.78 is 71.8. The van der Waals surface area contributed by atoms with Gasteiger partial charge in [-0.15, -0.1) is 0 Å². The molecule has 0 aliphatic heterocycles. The molecule has 23 heavy (non-hydrogen) atoms. The van der Waals surface area contributed by atoms with Crippen molar-refractivity contribution in [3.8, 4) is 0 Å². The number of imide groups is 1. The molecule has 0 heterocycles. The lowest BCUT2D eigenvalue weighted by Crippen LogP contribution is -2.45. The van der Waals surface area contributed by atoms with Crippen molar-refractivity contribution in [3.05, 3.63) is 0 Å². The van der Waals surface area contributed by atoms with E-state index in [0.29, 0.717) is 4.90 Å². The Bertz CT molecular complexity index is 567. The average molecular weight is 364 g/mol. The highest BCUT2D eigenvalue weighted by Crippen LogP contribution is 2.27. The molecule has 0 aromatic rings. The van der Waals surface area contributed by atoms with Crippen LogP contribution in [0, 0.1) is 0 Å². The second-order valence-electron chi connectivity index (χ2n) is 4.23. The molecule has 0 radical (unpaired) electrons. The van der Waals surface area contributed by atoms with Gasteiger partial charge in [0, 0.05) is 26.9 Å². The van der Waals surface area contributed by atoms with Crippen LogP contribution in [0.3, 0.4) is 0 Å². The van der Waals surface area contributed by atoms with E-state index in [9.17, 15) is 36.0 Å². The second-order valence-corrected chi connectivity index (χ2v) is 5.73. The van der Waals surface area contributed by atoms with Gasteiger partial charge in [0.25, 0.3) is 0 Å². The lowest BCUT2D eigenvalue weighted by atomic mass is 10.4. The minimum atomic E-state index is -6.04. The Morgan fingerprint density at radius 1 is 1.30 bits per heavy atom. The fourth-order valence-corrected chi connectivity index (χ4v) is 1.59. The third kappa shape index (κ3) is 6.40. The lowest BCUT2D eigenvalue weighted by molar-refractivity contribution is -0.128. The SMILES string of the molecule is CC(=O)NCCN(C(C)=O)C(=O)OCC(F)C(F)(F)S(=O)(=O)O. The molecule has 0 saturated heterocycles. The largest absolute Gasteiger partial charge is 0.446 e. The minimum Gasteiger partial charge on any atom is -0.446 e. The van der Waals surface area contributed by atoms with Crippen molar-refractivity contribution in [2.45, 2.75) is 25.3 Å². The van der Waals surface area contributed by atoms with Crippen LogP contribution in [0.5, 0.6) is 0 Å². The van der Waals surface area contributed by atoms with E-state index in [2.05, 4.69) is 10.1 Å². The Morgan fingerprint density at radius 3 is 2.22 bits per heavy atom. The van der Waals surface area contributed by atoms with E-state index >= 15 is 0 Å². The average Bonchev–Trinajstić information content (AvgIpc) is 2.38. The third-order valence-corrected chi connectivity index (χ3v) is 3.32. The van der Waals surface area contributed by atoms with E-state index in [4.69, 9.17) is 4.55 Å². The Hall–Kier alpha value is -1.89. The standard InChI is InChI=1S/C10H15F3N2O7S/c1-6(16)14-3-4-15(7(2)17)9(18)22-5-8(11)10(12,13)23(19,20)21/h8H,3-5H2,1-2H3,(H,14,16)(H,19,20,21). The number of amides is 3. The number of ether oxygens (including phenoxy) is 1. The van der Waals surface area contributed by atoms with E-state index in [-0.39, 0.29) is 13.1 Å². The highest BCUT2D eigenvalue weighted by Gasteiger charge is 2.53. The highest BCUT2D eigenvalue weighted by molar-refractivity contribution is 7.86. The third-order valence-electron chi connectivity index (χ3n) is 2.37. The number of alkyl halides is 3. The Labute approximate surface area is 129 Å². The van der Waals surface area contributed by atoms with Gasteiger partial charge in [0.15, 0.2) is 0 Å². The zero-order valence-electron chi connectivity index (χ0n) is 12.1. The van der Waals surface area contributed by atoms with Crippen LogP contribution in [0.25, 0.3) is 0 Å². The van der Waals surface area contributed by atoms with Gasteiger partial charge in [0.1, 0.15) is 6.61 Å². The number of halogens is 3. The van der Waals surface area contributed by atoms with Gasteiger partial charge in [0.05, 0.1) is 0 Å². The molecule has 2 N–H and O–H groups in total. The lowest BCUT2D eigenvalue weighted by Gasteiger charge is -2.21. The van der Waals surface area contributed by atoms with Crippen LogP contribution in [0.1, 0.15) is 13.8 Å². The molecule has 9 nitrogen and oxygen atoms in total. The summed E-state index contributed by atoms with van der Waals surface area (Å²) in [6.45, 7) is -0.157. The molecule has 0 fully saturated rings. The molecule has 0 spiro atoms. The molecule has 0 aromatic carbocycles. The van der Waals surface area contributed by atoms with E-state index in [1.165, 1.54) is 6.92 Å². The maximum Gasteiger partial charge on any atom is 0.416 e. The summed E-state index contributed by atoms with van der Waals surface area (Å²) in [5.74, 6) is -1.34. The molecule has 3 amide bonds. The van der Waals surface area contributed by atoms with Crippen LogP contribution in [0.4, 0.5) is 18.0 Å². The Morgan fingerprint density at radius 2 is 1.83 bits per heavy atom. The van der Waals surface area contributed by atoms with Gasteiger partial charge in [-0.25, -0.2) is 14.1 Å². The number of rotatable bonds is 7. The smallest absolute Gasteiger partial charge is 0.416 e. The molecule has 0 rings (SSSR count). The zero-order chi connectivity index (χ0) is 18.4. The molecule has 0 aromatic heterocycles. The van der Waals surface area contributed by atoms with Gasteiger partial charge < -0.3 is 10.1 Å². The highest BCUT2D eigenvalue weighted by atomic mass is 32.2. The van der Waals surface area contributed by atoms with Crippen molar-refractivity contribution in [2.75, 3.05) is 19.7 Å². The number of nitrogens with zero attached hydrogens (tertiary/aromatic N) is 1. The van der Waals surface area contributed by atoms with Crippen LogP contribution in [-0.4, -0.2) is 66.9 Å². The van der Waals surface area contributed by atoms with Crippen molar-refractivity contribution in [3.63, 3.8) is 0 Å². The number of carbonyl (C=O) groups excluding carboxylic acids is 3. The minimum absolute atomic E-state index is 0.162. The summed E-state index contributed by atoms with van der Waals surface area (Å²) in [5.41, 5.74) is 0. The van der Waals surface area contributed by atoms with E-state index in [1.807, 2.05) is 0 Å². The number of carbonyl (C=O) groups is 3. The van der Waals surface area contributed by atoms with Gasteiger partial charge in [-0.2, -0.15) is 17.2 Å². The van der Waals surface area contributed by atoms with Crippen molar-refractivity contribution >= 4 is 28.0 Å². The first-order valence-electron chi connectivity index (χ1n) is 5.99. The molecule has 0 bridgehead atoms. The monoisotopic (exact) mass is 364 g/mol. The van der Waals surface area contributed by atoms with Crippen LogP contribution in [0.2, 0.25) is 0 Å². The summed E-state index contributed by atoms with van der Waals surface area (Å²) in [6.07, 6.45) is -5.05. The van der Waals surface area contributed by atoms with Crippen molar-refractivity contribution in [1.82, 2.24) is 10.2 Å². The van der Waals surface area contributed by atoms with Gasteiger partial charge in [-0.3, -0.25) is 14.1 Å². The number of nitrogens with one attached hydrogen (secondary N) is 1. The molecule has 0 aliphatic carbocycles. The first-order valence-corrected chi connectivity index (χ1v) is 7.43. The molecule has 0 saturated carbocycles. The Kier molecular flexibility index (Phi) is 7.43. The maximum atomic E-state index is 13.1. The van der Waals surface area contributed by atoms with Crippen LogP contribution >= 0.6 is 0 Å². The molecular formula is C10H15F3N2O7S. The molecular weight excluding hydrogens is 349 g/mol. The first kappa shape index (κ1) is 21.1. The van der Waals surface area contributed by atoms with Crippen molar-refractivity contribution in [2.24, 2.45) is 0 Å². The topological polar surface area (TPSA) is 130 Å². The van der Waals surface area contributed by atoms with Gasteiger partial charge in [0.2, 0.25) is 18.0 Å². The summed E-state index contributed by atoms with van der Waals surface area (Å²) in [7, 11) is -6.04. The fourth-order valence-electron chi connectivity index (χ4n) is 1.20. The van der Waals surface area contributed by atoms with Gasteiger partial charge in [-0.05, 0) is 0 Å². The quantitative estimate of drug-likeness (QED) is 0.605. The molecule has 1 unspecified atom stereocenters. The molecule has 1 atom stereocenters. The Balaban J connectivity index is 4.71. The second kappa shape index (κ2) is 8.10. The molecule has 0 aliphatic rings. The maximum absolute atomic E-state index is 13.1. The van der Waals surface area contributed by atoms with Crippen LogP contribution in [-0.2, 0) is 24.4 Å². The van der Waals surface area contributed by atoms with Crippen molar-refractivity contribution < 1.29 is 45.3 Å². The van der Waals surface area contributed by atoms with Gasteiger partial charge >= 0.3 is 21.5 Å². The predicted molar refractivity (Wildman–Crippen MR) is 68.8 cm³/mol. The number of hydrogen-bond acceptors (Lipinski definition) is 6. The van der Waals surface area contributed by atoms with E-state index in [1.54, 1.807) is 0 Å². The predicted octanol–water partition coefficient (Wildman–Crippen LogP) is -0.0737. The van der Waals surface area contributed by atoms with Crippen LogP contribution in [0.15, 0.2) is 0 Å². The fraction of sp³-hybridized carbons (Fsp3) is 0.700. The normalized spacial score (nSPS) is 13.1. The van der Waals surface area contributed by atoms with Crippen molar-refractivity contribution in [1.29, 1.82) is 0 Å². The van der Waals surface area contributed by atoms with Crippen LogP contribution < -0.4 is 5.32 Å². The molecule has 13 heteroatoms. The molecule has 134 valence electrons. The number of hydrogen-bond donors (Lipinski definition) is 2. The van der Waals surface area contributed by atoms with E-state index in [0.717, 1.165) is 6.92 Å². The first-order chi connectivity index (χ1) is 10.3. The zero-order valence-corrected chi connectivity index (χ0v) is 12.9. The summed E-state index contributed by atoms with van der Waals surface area (Å²) >= 11 is 0. The summed E-state index contributed by atoms with van der Waals surface area (Å²) in [6, 6.07) is 0. The summed E-state index contributed by atoms with van der Waals surface area (Å²) in [5, 5.41) is -2.93. The van der Waals surface area contributed by atoms with E-state index < -0.39 is 46.1 Å².